The fraction of sp³-hybridized carbons (Fsp3) is 0.636. The average molecular weight is 346 g/mol. The van der Waals surface area contributed by atoms with Crippen LogP contribution in [0.15, 0.2) is 47.7 Å². The Bertz CT molecular complexity index is 518. The predicted molar refractivity (Wildman–Crippen MR) is 111 cm³/mol. The van der Waals surface area contributed by atoms with Crippen LogP contribution in [0.2, 0.25) is 0 Å². The van der Waals surface area contributed by atoms with Gasteiger partial charge in [-0.1, -0.05) is 29.9 Å². The third-order valence-corrected chi connectivity index (χ3v) is 6.42. The number of hydrogen-bond acceptors (Lipinski definition) is 1. The molecule has 0 amide bonds. The van der Waals surface area contributed by atoms with E-state index >= 15 is 0 Å². The lowest BCUT2D eigenvalue weighted by molar-refractivity contribution is 0.286. The van der Waals surface area contributed by atoms with Gasteiger partial charge < -0.3 is 5.32 Å². The second-order valence-corrected chi connectivity index (χ2v) is 9.38. The number of allylic oxidation sites excluding steroid dienone is 6. The van der Waals surface area contributed by atoms with Crippen LogP contribution >= 0.6 is 9.24 Å². The average Bonchev–Trinajstić information content (AvgIpc) is 2.52. The number of hydrogen-bond donors (Lipinski definition) is 1. The summed E-state index contributed by atoms with van der Waals surface area (Å²) in [6, 6.07) is 0. The normalized spacial score (nSPS) is 28.0. The molecule has 1 aliphatic carbocycles. The lowest BCUT2D eigenvalue weighted by Crippen LogP contribution is -2.28. The van der Waals surface area contributed by atoms with Gasteiger partial charge in [-0.3, -0.25) is 0 Å². The second kappa shape index (κ2) is 9.04. The highest BCUT2D eigenvalue weighted by atomic mass is 31.0. The van der Waals surface area contributed by atoms with Crippen LogP contribution in [-0.4, -0.2) is 11.7 Å². The molecule has 1 N–H and O–H groups in total. The molecule has 2 aliphatic rings. The summed E-state index contributed by atoms with van der Waals surface area (Å²) >= 11 is 0. The van der Waals surface area contributed by atoms with Crippen LogP contribution in [0, 0.1) is 5.92 Å². The van der Waals surface area contributed by atoms with Crippen molar-refractivity contribution in [2.24, 2.45) is 5.92 Å². The maximum atomic E-state index is 4.27. The summed E-state index contributed by atoms with van der Waals surface area (Å²) in [5.74, 6) is 0.881. The van der Waals surface area contributed by atoms with Gasteiger partial charge in [-0.05, 0) is 88.3 Å². The van der Waals surface area contributed by atoms with Gasteiger partial charge in [-0.2, -0.15) is 0 Å². The highest BCUT2D eigenvalue weighted by Gasteiger charge is 2.30. The summed E-state index contributed by atoms with van der Waals surface area (Å²) in [5.41, 5.74) is 5.40. The molecule has 1 heterocycles. The van der Waals surface area contributed by atoms with Gasteiger partial charge >= 0.3 is 0 Å². The first kappa shape index (κ1) is 19.5. The van der Waals surface area contributed by atoms with Gasteiger partial charge in [0, 0.05) is 12.2 Å². The minimum atomic E-state index is 0.428. The van der Waals surface area contributed by atoms with Gasteiger partial charge in [0.1, 0.15) is 0 Å². The summed E-state index contributed by atoms with van der Waals surface area (Å²) in [6.07, 6.45) is 16.0. The molecule has 134 valence electrons. The Morgan fingerprint density at radius 2 is 2.04 bits per heavy atom. The molecule has 1 aliphatic heterocycles. The van der Waals surface area contributed by atoms with Crippen molar-refractivity contribution >= 4 is 9.24 Å². The van der Waals surface area contributed by atoms with Crippen molar-refractivity contribution in [1.29, 1.82) is 0 Å². The summed E-state index contributed by atoms with van der Waals surface area (Å²) in [6.45, 7) is 13.8. The molecule has 0 bridgehead atoms. The lowest BCUT2D eigenvalue weighted by Gasteiger charge is -2.37. The Balaban J connectivity index is 1.72. The van der Waals surface area contributed by atoms with Crippen LogP contribution in [0.25, 0.3) is 0 Å². The molecule has 0 radical (unpaired) electrons. The van der Waals surface area contributed by atoms with Gasteiger partial charge in [0.25, 0.3) is 0 Å². The van der Waals surface area contributed by atoms with Crippen LogP contribution in [0.4, 0.5) is 0 Å². The SMILES string of the molecule is C=C(C)CC1(P)CCC(CCC(=C)/C=C\C2=C(C)NCCC2)CC1. The van der Waals surface area contributed by atoms with Crippen LogP contribution in [0.3, 0.4) is 0 Å². The first-order valence-electron chi connectivity index (χ1n) is 9.61. The van der Waals surface area contributed by atoms with Crippen molar-refractivity contribution in [3.8, 4) is 0 Å². The van der Waals surface area contributed by atoms with E-state index in [1.54, 1.807) is 0 Å². The first-order chi connectivity index (χ1) is 11.4. The fourth-order valence-electron chi connectivity index (χ4n) is 4.07. The quantitative estimate of drug-likeness (QED) is 0.324. The zero-order valence-corrected chi connectivity index (χ0v) is 16.9. The van der Waals surface area contributed by atoms with E-state index in [1.807, 2.05) is 0 Å². The second-order valence-electron chi connectivity index (χ2n) is 8.15. The minimum Gasteiger partial charge on any atom is -0.388 e. The van der Waals surface area contributed by atoms with Gasteiger partial charge in [0.05, 0.1) is 0 Å². The van der Waals surface area contributed by atoms with E-state index in [2.05, 4.69) is 53.7 Å². The topological polar surface area (TPSA) is 12.0 Å². The van der Waals surface area contributed by atoms with Crippen molar-refractivity contribution in [3.05, 3.63) is 47.7 Å². The zero-order valence-electron chi connectivity index (χ0n) is 15.8. The van der Waals surface area contributed by atoms with E-state index in [0.29, 0.717) is 5.16 Å². The zero-order chi connectivity index (χ0) is 17.6. The largest absolute Gasteiger partial charge is 0.388 e. The van der Waals surface area contributed by atoms with Crippen molar-refractivity contribution in [2.45, 2.75) is 76.8 Å². The Hall–Kier alpha value is -0.810. The molecular weight excluding hydrogens is 309 g/mol. The maximum Gasteiger partial charge on any atom is 0.0147 e. The van der Waals surface area contributed by atoms with Crippen LogP contribution in [-0.2, 0) is 0 Å². The van der Waals surface area contributed by atoms with E-state index in [0.717, 1.165) is 18.9 Å². The molecule has 0 spiro atoms. The fourth-order valence-corrected chi connectivity index (χ4v) is 4.76. The van der Waals surface area contributed by atoms with E-state index in [1.165, 1.54) is 73.8 Å². The van der Waals surface area contributed by atoms with E-state index in [9.17, 15) is 0 Å². The lowest BCUT2D eigenvalue weighted by atomic mass is 9.77. The standard InChI is InChI=1S/C22H36NP/c1-17(2)16-22(24)13-11-20(12-14-22)9-7-18(3)8-10-21-6-5-15-23-19(21)4/h8,10,20,23H,1,3,5-7,9,11-16,24H2,2,4H3/b10-8-. The van der Waals surface area contributed by atoms with Gasteiger partial charge in [0.2, 0.25) is 0 Å². The molecule has 0 aromatic carbocycles. The van der Waals surface area contributed by atoms with Gasteiger partial charge in [-0.15, -0.1) is 15.8 Å². The molecule has 24 heavy (non-hydrogen) atoms. The van der Waals surface area contributed by atoms with Crippen LogP contribution < -0.4 is 5.32 Å². The molecule has 0 aromatic rings. The summed E-state index contributed by atoms with van der Waals surface area (Å²) in [5, 5.41) is 3.88. The molecular formula is C22H36NP. The van der Waals surface area contributed by atoms with Crippen LogP contribution in [0.5, 0.6) is 0 Å². The first-order valence-corrected chi connectivity index (χ1v) is 10.2. The minimum absolute atomic E-state index is 0.428. The monoisotopic (exact) mass is 345 g/mol. The molecule has 1 unspecified atom stereocenters. The van der Waals surface area contributed by atoms with E-state index < -0.39 is 0 Å². The van der Waals surface area contributed by atoms with Crippen molar-refractivity contribution in [1.82, 2.24) is 5.32 Å². The van der Waals surface area contributed by atoms with Crippen molar-refractivity contribution in [2.75, 3.05) is 6.54 Å². The molecule has 0 saturated heterocycles. The molecule has 1 saturated carbocycles. The van der Waals surface area contributed by atoms with E-state index in [-0.39, 0.29) is 0 Å². The van der Waals surface area contributed by atoms with Gasteiger partial charge in [-0.25, -0.2) is 0 Å². The Kier molecular flexibility index (Phi) is 7.35. The third-order valence-electron chi connectivity index (χ3n) is 5.64. The molecule has 1 fully saturated rings. The highest BCUT2D eigenvalue weighted by Crippen LogP contribution is 2.43. The van der Waals surface area contributed by atoms with E-state index in [4.69, 9.17) is 0 Å². The Labute approximate surface area is 152 Å². The van der Waals surface area contributed by atoms with Crippen LogP contribution in [0.1, 0.15) is 71.6 Å². The van der Waals surface area contributed by atoms with Gasteiger partial charge in [0.15, 0.2) is 0 Å². The highest BCUT2D eigenvalue weighted by molar-refractivity contribution is 7.19. The Morgan fingerprint density at radius 1 is 1.33 bits per heavy atom. The number of rotatable bonds is 7. The molecule has 2 rings (SSSR count). The summed E-state index contributed by atoms with van der Waals surface area (Å²) < 4.78 is 0. The van der Waals surface area contributed by atoms with Crippen molar-refractivity contribution < 1.29 is 0 Å². The van der Waals surface area contributed by atoms with Crippen molar-refractivity contribution in [3.63, 3.8) is 0 Å². The molecule has 1 atom stereocenters. The third kappa shape index (κ3) is 6.25. The number of nitrogens with one attached hydrogen (secondary N) is 1. The summed E-state index contributed by atoms with van der Waals surface area (Å²) in [7, 11) is 3.13. The molecule has 2 heteroatoms. The Morgan fingerprint density at radius 3 is 2.67 bits per heavy atom. The summed E-state index contributed by atoms with van der Waals surface area (Å²) in [4.78, 5) is 0. The maximum absolute atomic E-state index is 4.27. The predicted octanol–water partition coefficient (Wildman–Crippen LogP) is 6.31. The smallest absolute Gasteiger partial charge is 0.0147 e. The molecule has 0 aromatic heterocycles. The molecule has 1 nitrogen and oxygen atoms in total.